The number of nitrogens with one attached hydrogen (secondary N) is 3. The van der Waals surface area contributed by atoms with E-state index in [1.807, 2.05) is 38.2 Å². The maximum atomic E-state index is 15.0. The molecule has 1 saturated heterocycles. The van der Waals surface area contributed by atoms with E-state index in [9.17, 15) is 19.5 Å². The first-order valence-electron chi connectivity index (χ1n) is 20.5. The molecule has 1 aromatic heterocycles. The Balaban J connectivity index is 1.22. The number of anilines is 1. The number of fused-ring (bicyclic) bond motifs is 1. The Hall–Kier alpha value is -3.96. The van der Waals surface area contributed by atoms with Crippen LogP contribution in [0.5, 0.6) is 0 Å². The van der Waals surface area contributed by atoms with Crippen molar-refractivity contribution in [3.63, 3.8) is 0 Å². The molecule has 3 aliphatic carbocycles. The molecule has 1 spiro atoms. The summed E-state index contributed by atoms with van der Waals surface area (Å²) in [6.07, 6.45) is 16.8. The van der Waals surface area contributed by atoms with Crippen molar-refractivity contribution >= 4 is 23.4 Å². The molecule has 2 aliphatic heterocycles. The van der Waals surface area contributed by atoms with Crippen LogP contribution in [0.1, 0.15) is 104 Å². The number of ketones is 2. The number of aromatic nitrogens is 1. The number of epoxide rings is 1. The van der Waals surface area contributed by atoms with Crippen LogP contribution in [0.15, 0.2) is 71.5 Å². The number of ether oxygens (including phenoxy) is 2. The molecule has 3 heterocycles. The molecule has 294 valence electrons. The van der Waals surface area contributed by atoms with E-state index in [0.717, 1.165) is 67.6 Å². The normalized spacial score (nSPS) is 30.7. The van der Waals surface area contributed by atoms with Crippen molar-refractivity contribution < 1.29 is 29.0 Å². The fourth-order valence-corrected chi connectivity index (χ4v) is 9.77. The van der Waals surface area contributed by atoms with E-state index in [0.29, 0.717) is 43.3 Å². The molecule has 4 N–H and O–H groups in total. The number of esters is 1. The van der Waals surface area contributed by atoms with Crippen molar-refractivity contribution in [2.75, 3.05) is 38.8 Å². The minimum absolute atomic E-state index is 0.00132. The number of Topliss-reactive ketones (excluding diaryl/α,β-unsaturated/α-hetero) is 2. The molecule has 2 aromatic rings. The zero-order valence-corrected chi connectivity index (χ0v) is 32.9. The number of benzene rings is 1. The third-order valence-corrected chi connectivity index (χ3v) is 12.9. The lowest BCUT2D eigenvalue weighted by atomic mass is 9.68. The quantitative estimate of drug-likeness (QED) is 0.0680. The van der Waals surface area contributed by atoms with E-state index in [4.69, 9.17) is 9.47 Å². The number of cyclic esters (lactones) is 1. The molecule has 0 saturated carbocycles. The smallest absolute Gasteiger partial charge is 0.350 e. The van der Waals surface area contributed by atoms with Crippen molar-refractivity contribution in [1.82, 2.24) is 15.6 Å². The summed E-state index contributed by atoms with van der Waals surface area (Å²) >= 11 is 0. The zero-order valence-electron chi connectivity index (χ0n) is 32.9. The highest BCUT2D eigenvalue weighted by Gasteiger charge is 2.85. The first-order chi connectivity index (χ1) is 26.6. The lowest BCUT2D eigenvalue weighted by Gasteiger charge is -2.40. The average molecular weight is 751 g/mol. The van der Waals surface area contributed by atoms with Gasteiger partial charge in [0.15, 0.2) is 11.4 Å². The van der Waals surface area contributed by atoms with Gasteiger partial charge in [-0.15, -0.1) is 0 Å². The van der Waals surface area contributed by atoms with Crippen LogP contribution in [0.3, 0.4) is 0 Å². The largest absolute Gasteiger partial charge is 0.463 e. The highest BCUT2D eigenvalue weighted by atomic mass is 16.7. The number of aryl methyl sites for hydroxylation is 1. The van der Waals surface area contributed by atoms with E-state index >= 15 is 0 Å². The van der Waals surface area contributed by atoms with E-state index in [1.54, 1.807) is 12.3 Å². The van der Waals surface area contributed by atoms with Gasteiger partial charge < -0.3 is 30.5 Å². The number of rotatable bonds is 11. The summed E-state index contributed by atoms with van der Waals surface area (Å²) in [5.74, 6) is 0.270. The van der Waals surface area contributed by atoms with E-state index < -0.39 is 28.7 Å². The monoisotopic (exact) mass is 750 g/mol. The van der Waals surface area contributed by atoms with Crippen LogP contribution in [0.4, 0.5) is 5.82 Å². The highest BCUT2D eigenvalue weighted by molar-refractivity contribution is 6.33. The fraction of sp³-hybridized carbons (Fsp3) is 0.556. The van der Waals surface area contributed by atoms with Gasteiger partial charge in [0.05, 0.1) is 19.9 Å². The Kier molecular flexibility index (Phi) is 11.9. The molecular weight excluding hydrogens is 693 g/mol. The van der Waals surface area contributed by atoms with Crippen LogP contribution in [0.2, 0.25) is 0 Å². The highest BCUT2D eigenvalue weighted by Crippen LogP contribution is 2.60. The zero-order chi connectivity index (χ0) is 38.7. The van der Waals surface area contributed by atoms with Gasteiger partial charge in [0.1, 0.15) is 5.82 Å². The van der Waals surface area contributed by atoms with Gasteiger partial charge in [-0.1, -0.05) is 75.1 Å². The Labute approximate surface area is 325 Å². The molecule has 7 unspecified atom stereocenters. The molecule has 10 heteroatoms. The molecule has 0 amide bonds. The van der Waals surface area contributed by atoms with Crippen LogP contribution < -0.4 is 16.0 Å². The summed E-state index contributed by atoms with van der Waals surface area (Å²) in [5.41, 5.74) is 1.34. The number of pyridine rings is 1. The second-order valence-corrected chi connectivity index (χ2v) is 16.5. The molecule has 7 rings (SSSR count). The minimum Gasteiger partial charge on any atom is -0.463 e. The number of hydrogen-bond acceptors (Lipinski definition) is 10. The number of aliphatic hydroxyl groups excluding tert-OH is 1. The number of carbonyl (C=O) groups excluding carboxylic acids is 3. The SMILES string of the molecule is CCNC1C=C2C=CCC3CCCCC(C)Cc4cccc5c4C(=O)C4(OC4(CC(CO)=C(C)CCc4ccnc(NCNC)c4)C5=O)C(=O)OCC1CC23. The van der Waals surface area contributed by atoms with Crippen LogP contribution >= 0.6 is 0 Å². The summed E-state index contributed by atoms with van der Waals surface area (Å²) in [4.78, 5) is 48.8. The summed E-state index contributed by atoms with van der Waals surface area (Å²) in [7, 11) is 1.86. The Morgan fingerprint density at radius 3 is 2.73 bits per heavy atom. The lowest BCUT2D eigenvalue weighted by Crippen LogP contribution is -2.52. The average Bonchev–Trinajstić information content (AvgIpc) is 3.89. The molecule has 4 bridgehead atoms. The van der Waals surface area contributed by atoms with Crippen molar-refractivity contribution in [2.24, 2.45) is 23.7 Å². The molecule has 5 aliphatic rings. The molecule has 55 heavy (non-hydrogen) atoms. The predicted molar refractivity (Wildman–Crippen MR) is 213 cm³/mol. The standard InChI is InChI=1S/C45H58N4O6/c1-5-47-38-23-32-13-8-12-31-11-7-6-10-28(2)20-33-14-9-15-36-40(33)42(52)45(43(53)54-26-34(38)22-37(31)32)44(55-45,41(36)51)24-35(25-50)29(3)16-17-30-18-19-48-39(21-30)49-27-46-4/h8-9,13-15,18-19,21,23,28,31,34,37-38,46-47,50H,5-7,10-12,16-17,20,22,24-27H2,1-4H3,(H,48,49). The summed E-state index contributed by atoms with van der Waals surface area (Å²) in [5, 5.41) is 20.6. The second-order valence-electron chi connectivity index (χ2n) is 16.5. The fourth-order valence-electron chi connectivity index (χ4n) is 9.77. The summed E-state index contributed by atoms with van der Waals surface area (Å²) < 4.78 is 12.6. The van der Waals surface area contributed by atoms with Crippen molar-refractivity contribution in [3.05, 3.63) is 93.7 Å². The second kappa shape index (κ2) is 16.6. The van der Waals surface area contributed by atoms with Gasteiger partial charge in [-0.3, -0.25) is 9.59 Å². The van der Waals surface area contributed by atoms with Gasteiger partial charge in [-0.2, -0.15) is 0 Å². The van der Waals surface area contributed by atoms with Crippen molar-refractivity contribution in [2.45, 2.75) is 102 Å². The first-order valence-corrected chi connectivity index (χ1v) is 20.5. The van der Waals surface area contributed by atoms with Gasteiger partial charge in [0, 0.05) is 35.7 Å². The molecule has 0 radical (unpaired) electrons. The Morgan fingerprint density at radius 1 is 1.09 bits per heavy atom. The van der Waals surface area contributed by atoms with Crippen molar-refractivity contribution in [1.29, 1.82) is 0 Å². The third kappa shape index (κ3) is 7.51. The van der Waals surface area contributed by atoms with Gasteiger partial charge in [-0.05, 0) is 111 Å². The van der Waals surface area contributed by atoms with Gasteiger partial charge in [0.25, 0.3) is 5.60 Å². The minimum atomic E-state index is -2.11. The molecule has 7 atom stereocenters. The molecule has 1 aromatic carbocycles. The molecule has 10 nitrogen and oxygen atoms in total. The maximum absolute atomic E-state index is 15.0. The number of carbonyl (C=O) groups is 3. The Bertz CT molecular complexity index is 1890. The number of allylic oxidation sites excluding steroid dienone is 4. The Morgan fingerprint density at radius 2 is 1.93 bits per heavy atom. The third-order valence-electron chi connectivity index (χ3n) is 12.9. The van der Waals surface area contributed by atoms with E-state index in [1.165, 1.54) is 5.57 Å². The number of hydrogen-bond donors (Lipinski definition) is 4. The maximum Gasteiger partial charge on any atom is 0.350 e. The van der Waals surface area contributed by atoms with Gasteiger partial charge in [0.2, 0.25) is 5.78 Å². The topological polar surface area (TPSA) is 142 Å². The lowest BCUT2D eigenvalue weighted by molar-refractivity contribution is -0.150. The van der Waals surface area contributed by atoms with Crippen LogP contribution in [-0.2, 0) is 27.1 Å². The molecule has 1 fully saturated rings. The van der Waals surface area contributed by atoms with Crippen LogP contribution in [0, 0.1) is 23.7 Å². The molecular formula is C45H58N4O6. The predicted octanol–water partition coefficient (Wildman–Crippen LogP) is 6.30. The van der Waals surface area contributed by atoms with Crippen LogP contribution in [0.25, 0.3) is 0 Å². The summed E-state index contributed by atoms with van der Waals surface area (Å²) in [6.45, 7) is 7.34. The van der Waals surface area contributed by atoms with E-state index in [-0.39, 0.29) is 48.6 Å². The van der Waals surface area contributed by atoms with E-state index in [2.05, 4.69) is 53.0 Å². The first kappa shape index (κ1) is 39.3. The number of likely N-dealkylation sites (N-methyl/N-ethyl adjacent to an activating group) is 1. The number of aliphatic hydroxyl groups is 1. The van der Waals surface area contributed by atoms with Gasteiger partial charge in [-0.25, -0.2) is 9.78 Å². The van der Waals surface area contributed by atoms with Gasteiger partial charge >= 0.3 is 5.97 Å². The van der Waals surface area contributed by atoms with Crippen molar-refractivity contribution in [3.8, 4) is 0 Å². The van der Waals surface area contributed by atoms with Crippen LogP contribution in [-0.4, -0.2) is 78.3 Å². The summed E-state index contributed by atoms with van der Waals surface area (Å²) in [6, 6.07) is 9.39. The number of nitrogens with zero attached hydrogens (tertiary/aromatic N) is 1.